The number of rotatable bonds is 19. The van der Waals surface area contributed by atoms with Crippen molar-refractivity contribution in [2.75, 3.05) is 58.4 Å². The summed E-state index contributed by atoms with van der Waals surface area (Å²) in [5.74, 6) is -1.04. The van der Waals surface area contributed by atoms with Crippen LogP contribution in [0.2, 0.25) is 10.0 Å². The molecule has 0 fully saturated rings. The standard InChI is InChI=1S/C11H13Br2N3O4.C11H13Cl2N3O4.C7H3ClN2O6.C7H5ClN2O4/c2*1-8-6-9(15(17)18)7-10(16(19)20)11(8)14(4-2-12)5-3-13;8-6-4(7(11)12)1-3(9(13)14)2-5(6)10(15)16;1-4-2-5(9(11)12)3-6(7(4)8)10(13)14/h2*6-7H,2-5H2,1H3;1-2H,(H,11,12);2-3H,1H3. The molecular weight excluding hydrogens is 1160 g/mol. The molecule has 0 aliphatic carbocycles. The zero-order valence-electron chi connectivity index (χ0n) is 35.9. The van der Waals surface area contributed by atoms with Gasteiger partial charge in [-0.15, -0.1) is 23.2 Å². The van der Waals surface area contributed by atoms with Crippen molar-refractivity contribution in [3.8, 4) is 0 Å². The van der Waals surface area contributed by atoms with Gasteiger partial charge in [0.05, 0.1) is 69.2 Å². The van der Waals surface area contributed by atoms with E-state index in [-0.39, 0.29) is 45.2 Å². The second kappa shape index (κ2) is 28.7. The maximum atomic E-state index is 11.2. The van der Waals surface area contributed by atoms with Crippen molar-refractivity contribution in [1.29, 1.82) is 0 Å². The third-order valence-corrected chi connectivity index (χ3v) is 10.6. The molecule has 28 nitrogen and oxygen atoms in total. The zero-order chi connectivity index (χ0) is 53.9. The summed E-state index contributed by atoms with van der Waals surface area (Å²) in [5, 5.41) is 94.9. The van der Waals surface area contributed by atoms with Crippen LogP contribution < -0.4 is 9.80 Å². The van der Waals surface area contributed by atoms with E-state index in [1.54, 1.807) is 18.7 Å². The molecule has 4 aromatic rings. The monoisotopic (exact) mass is 1190 g/mol. The molecule has 1 N–H and O–H groups in total. The van der Waals surface area contributed by atoms with Crippen molar-refractivity contribution in [3.63, 3.8) is 0 Å². The third-order valence-electron chi connectivity index (χ3n) is 8.70. The van der Waals surface area contributed by atoms with Crippen LogP contribution >= 0.6 is 78.3 Å². The zero-order valence-corrected chi connectivity index (χ0v) is 42.1. The average molecular weight is 1200 g/mol. The van der Waals surface area contributed by atoms with E-state index in [0.717, 1.165) is 18.2 Å². The molecule has 34 heteroatoms. The van der Waals surface area contributed by atoms with E-state index < -0.39 is 73.0 Å². The van der Waals surface area contributed by atoms with Gasteiger partial charge in [0.2, 0.25) is 0 Å². The number of nitro benzene ring substituents is 8. The number of hydrogen-bond acceptors (Lipinski definition) is 19. The van der Waals surface area contributed by atoms with Crippen molar-refractivity contribution in [1.82, 2.24) is 0 Å². The molecule has 0 spiro atoms. The lowest BCUT2D eigenvalue weighted by atomic mass is 10.1. The number of hydrogen-bond donors (Lipinski definition) is 1. The molecule has 0 atom stereocenters. The Hall–Kier alpha value is -6.73. The van der Waals surface area contributed by atoms with Crippen molar-refractivity contribution >= 4 is 141 Å². The van der Waals surface area contributed by atoms with E-state index in [9.17, 15) is 85.7 Å². The van der Waals surface area contributed by atoms with Crippen LogP contribution in [0.25, 0.3) is 0 Å². The Morgan fingerprint density at radius 1 is 0.471 bits per heavy atom. The molecule has 0 saturated heterocycles. The molecule has 0 unspecified atom stereocenters. The van der Waals surface area contributed by atoms with Crippen LogP contribution in [0.15, 0.2) is 48.5 Å². The number of aromatic carboxylic acids is 1. The van der Waals surface area contributed by atoms with Gasteiger partial charge >= 0.3 is 5.97 Å². The number of carboxylic acids is 1. The summed E-state index contributed by atoms with van der Waals surface area (Å²) in [7, 11) is 0. The van der Waals surface area contributed by atoms with Gasteiger partial charge in [-0.1, -0.05) is 55.1 Å². The normalized spacial score (nSPS) is 10.1. The predicted molar refractivity (Wildman–Crippen MR) is 264 cm³/mol. The summed E-state index contributed by atoms with van der Waals surface area (Å²) in [6.07, 6.45) is 0. The summed E-state index contributed by atoms with van der Waals surface area (Å²) < 4.78 is 0. The number of benzene rings is 4. The molecule has 0 aliphatic heterocycles. The summed E-state index contributed by atoms with van der Waals surface area (Å²) in [6, 6.07) is 7.93. The lowest BCUT2D eigenvalue weighted by Crippen LogP contribution is -2.29. The van der Waals surface area contributed by atoms with Gasteiger partial charge in [0, 0.05) is 72.9 Å². The van der Waals surface area contributed by atoms with Gasteiger partial charge in [0.1, 0.15) is 21.4 Å². The predicted octanol–water partition coefficient (Wildman–Crippen LogP) is 10.8. The third kappa shape index (κ3) is 17.3. The Bertz CT molecular complexity index is 2550. The molecule has 0 heterocycles. The van der Waals surface area contributed by atoms with Crippen LogP contribution in [0.1, 0.15) is 27.0 Å². The number of aryl methyl sites for hydroxylation is 3. The van der Waals surface area contributed by atoms with E-state index in [1.165, 1.54) is 25.1 Å². The fourth-order valence-electron chi connectivity index (χ4n) is 5.83. The smallest absolute Gasteiger partial charge is 0.337 e. The second-order valence-electron chi connectivity index (χ2n) is 13.3. The lowest BCUT2D eigenvalue weighted by Gasteiger charge is -2.24. The molecule has 0 bridgehead atoms. The minimum atomic E-state index is -1.57. The summed E-state index contributed by atoms with van der Waals surface area (Å²) in [6.45, 7) is 6.59. The quantitative estimate of drug-likeness (QED) is 0.0517. The molecule has 70 heavy (non-hydrogen) atoms. The Kier molecular flexibility index (Phi) is 25.1. The first kappa shape index (κ1) is 61.3. The van der Waals surface area contributed by atoms with Crippen LogP contribution in [0.3, 0.4) is 0 Å². The highest BCUT2D eigenvalue weighted by molar-refractivity contribution is 9.09. The number of nitrogens with zero attached hydrogens (tertiary/aromatic N) is 10. The number of alkyl halides is 4. The molecule has 4 rings (SSSR count). The van der Waals surface area contributed by atoms with Gasteiger partial charge in [-0.3, -0.25) is 80.9 Å². The van der Waals surface area contributed by atoms with Gasteiger partial charge in [0.25, 0.3) is 45.5 Å². The van der Waals surface area contributed by atoms with Crippen LogP contribution in [-0.4, -0.2) is 99.1 Å². The molecule has 0 aromatic heterocycles. The number of carbonyl (C=O) groups is 1. The van der Waals surface area contributed by atoms with Gasteiger partial charge in [-0.05, 0) is 37.5 Å². The number of anilines is 2. The second-order valence-corrected chi connectivity index (χ2v) is 16.4. The first-order chi connectivity index (χ1) is 32.6. The Labute approximate surface area is 429 Å². The van der Waals surface area contributed by atoms with Gasteiger partial charge < -0.3 is 14.9 Å². The van der Waals surface area contributed by atoms with Gasteiger partial charge in [0.15, 0.2) is 0 Å². The highest BCUT2D eigenvalue weighted by Crippen LogP contribution is 2.38. The highest BCUT2D eigenvalue weighted by Gasteiger charge is 2.29. The fraction of sp³-hybridized carbons (Fsp3) is 0.306. The maximum absolute atomic E-state index is 11.2. The van der Waals surface area contributed by atoms with Crippen molar-refractivity contribution in [3.05, 3.63) is 162 Å². The van der Waals surface area contributed by atoms with E-state index in [2.05, 4.69) is 31.9 Å². The van der Waals surface area contributed by atoms with E-state index in [0.29, 0.717) is 77.0 Å². The summed E-state index contributed by atoms with van der Waals surface area (Å²) in [4.78, 5) is 93.9. The van der Waals surface area contributed by atoms with E-state index >= 15 is 0 Å². The average Bonchev–Trinajstić information content (AvgIpc) is 3.26. The molecule has 0 saturated carbocycles. The molecule has 0 aliphatic rings. The van der Waals surface area contributed by atoms with Crippen LogP contribution in [-0.2, 0) is 0 Å². The molecule has 0 amide bonds. The topological polar surface area (TPSA) is 389 Å². The molecule has 378 valence electrons. The first-order valence-corrected chi connectivity index (χ1v) is 22.7. The number of carboxylic acid groups (broad SMARTS) is 1. The lowest BCUT2D eigenvalue weighted by molar-refractivity contribution is -0.394. The Morgan fingerprint density at radius 2 is 0.757 bits per heavy atom. The fourth-order valence-corrected chi connectivity index (χ4v) is 7.54. The van der Waals surface area contributed by atoms with Gasteiger partial charge in [-0.2, -0.15) is 0 Å². The Balaban J connectivity index is 0.000000471. The van der Waals surface area contributed by atoms with Crippen LogP contribution in [0.5, 0.6) is 0 Å². The molecular formula is C36H34Br2Cl4N10O18. The van der Waals surface area contributed by atoms with Gasteiger partial charge in [-0.25, -0.2) is 4.79 Å². The van der Waals surface area contributed by atoms with Crippen molar-refractivity contribution in [2.24, 2.45) is 0 Å². The summed E-state index contributed by atoms with van der Waals surface area (Å²) >= 11 is 29.0. The van der Waals surface area contributed by atoms with E-state index in [1.807, 2.05) is 4.90 Å². The molecule has 4 aromatic carbocycles. The SMILES string of the molecule is Cc1cc([N+](=O)[O-])cc([N+](=O)[O-])c1Cl.Cc1cc([N+](=O)[O-])cc([N+](=O)[O-])c1N(CCBr)CCBr.Cc1cc([N+](=O)[O-])cc([N+](=O)[O-])c1N(CCCl)CCCl.O=C(O)c1cc([N+](=O)[O-])cc([N+](=O)[O-])c1Cl. The maximum Gasteiger partial charge on any atom is 0.337 e. The summed E-state index contributed by atoms with van der Waals surface area (Å²) in [5.41, 5.74) is -2.07. The number of nitro groups is 8. The minimum Gasteiger partial charge on any atom is -0.478 e. The van der Waals surface area contributed by atoms with Crippen molar-refractivity contribution in [2.45, 2.75) is 20.8 Å². The number of halogens is 6. The highest BCUT2D eigenvalue weighted by atomic mass is 79.9. The van der Waals surface area contributed by atoms with Crippen molar-refractivity contribution < 1.29 is 49.3 Å². The molecule has 0 radical (unpaired) electrons. The van der Waals surface area contributed by atoms with Crippen LogP contribution in [0.4, 0.5) is 56.9 Å². The van der Waals surface area contributed by atoms with E-state index in [4.69, 9.17) is 51.5 Å². The first-order valence-electron chi connectivity index (χ1n) is 18.7. The van der Waals surface area contributed by atoms with Crippen LogP contribution in [0, 0.1) is 102 Å². The minimum absolute atomic E-state index is 0.0689. The Morgan fingerprint density at radius 3 is 1.04 bits per heavy atom. The number of non-ortho nitro benzene ring substituents is 4. The largest absolute Gasteiger partial charge is 0.478 e.